The number of amides is 1. The van der Waals surface area contributed by atoms with Crippen LogP contribution in [0.25, 0.3) is 10.9 Å². The highest BCUT2D eigenvalue weighted by atomic mass is 16.5. The molecule has 29 heavy (non-hydrogen) atoms. The monoisotopic (exact) mass is 395 g/mol. The van der Waals surface area contributed by atoms with Crippen LogP contribution >= 0.6 is 0 Å². The average Bonchev–Trinajstić information content (AvgIpc) is 2.72. The Morgan fingerprint density at radius 1 is 1.10 bits per heavy atom. The molecule has 0 radical (unpaired) electrons. The molecule has 1 aromatic heterocycles. The van der Waals surface area contributed by atoms with Gasteiger partial charge in [0.25, 0.3) is 5.56 Å². The summed E-state index contributed by atoms with van der Waals surface area (Å²) >= 11 is 0. The Balaban J connectivity index is 1.85. The summed E-state index contributed by atoms with van der Waals surface area (Å²) in [5.74, 6) is 1.36. The summed E-state index contributed by atoms with van der Waals surface area (Å²) in [4.78, 5) is 34.2. The van der Waals surface area contributed by atoms with Gasteiger partial charge in [-0.05, 0) is 25.5 Å². The van der Waals surface area contributed by atoms with Crippen LogP contribution in [0.2, 0.25) is 0 Å². The molecule has 1 heterocycles. The van der Waals surface area contributed by atoms with Gasteiger partial charge in [-0.15, -0.1) is 0 Å². The summed E-state index contributed by atoms with van der Waals surface area (Å²) < 4.78 is 10.5. The highest BCUT2D eigenvalue weighted by Gasteiger charge is 2.16. The highest BCUT2D eigenvalue weighted by molar-refractivity contribution is 5.82. The normalized spacial score (nSPS) is 10.8. The van der Waals surface area contributed by atoms with Crippen molar-refractivity contribution in [3.63, 3.8) is 0 Å². The molecule has 3 rings (SSSR count). The van der Waals surface area contributed by atoms with Crippen molar-refractivity contribution in [2.24, 2.45) is 0 Å². The minimum Gasteiger partial charge on any atom is -0.493 e. The van der Waals surface area contributed by atoms with Crippen molar-refractivity contribution in [3.05, 3.63) is 63.7 Å². The number of H-pyrrole nitrogens is 1. The molecule has 2 aromatic carbocycles. The number of likely N-dealkylation sites (N-methyl/N-ethyl adjacent to an activating group) is 1. The number of benzene rings is 2. The molecule has 0 bridgehead atoms. The second-order valence-electron chi connectivity index (χ2n) is 6.81. The van der Waals surface area contributed by atoms with E-state index >= 15 is 0 Å². The molecule has 0 saturated carbocycles. The number of aromatic amines is 1. The molecule has 0 saturated heterocycles. The van der Waals surface area contributed by atoms with Gasteiger partial charge in [-0.2, -0.15) is 0 Å². The zero-order valence-corrected chi connectivity index (χ0v) is 17.1. The zero-order chi connectivity index (χ0) is 21.0. The van der Waals surface area contributed by atoms with E-state index in [-0.39, 0.29) is 18.0 Å². The van der Waals surface area contributed by atoms with Crippen LogP contribution in [0.3, 0.4) is 0 Å². The molecule has 0 atom stereocenters. The fourth-order valence-corrected chi connectivity index (χ4v) is 3.14. The summed E-state index contributed by atoms with van der Waals surface area (Å²) in [6.07, 6.45) is 0.303. The lowest BCUT2D eigenvalue weighted by atomic mass is 10.1. The number of carbonyl (C=O) groups excluding carboxylic acids is 1. The topological polar surface area (TPSA) is 84.5 Å². The highest BCUT2D eigenvalue weighted by Crippen LogP contribution is 2.29. The van der Waals surface area contributed by atoms with Crippen molar-refractivity contribution in [3.8, 4) is 11.5 Å². The number of nitrogens with zero attached hydrogens (tertiary/aromatic N) is 2. The van der Waals surface area contributed by atoms with E-state index in [4.69, 9.17) is 9.47 Å². The molecule has 3 aromatic rings. The summed E-state index contributed by atoms with van der Waals surface area (Å²) in [6.45, 7) is 4.65. The van der Waals surface area contributed by atoms with Gasteiger partial charge in [0.2, 0.25) is 5.91 Å². The van der Waals surface area contributed by atoms with Crippen LogP contribution < -0.4 is 15.0 Å². The Hall–Kier alpha value is -3.35. The van der Waals surface area contributed by atoms with E-state index in [1.807, 2.05) is 38.1 Å². The maximum Gasteiger partial charge on any atom is 0.258 e. The largest absolute Gasteiger partial charge is 0.493 e. The van der Waals surface area contributed by atoms with Crippen molar-refractivity contribution in [2.45, 2.75) is 26.8 Å². The van der Waals surface area contributed by atoms with E-state index in [1.54, 1.807) is 17.0 Å². The number of aryl methyl sites for hydroxylation is 1. The quantitative estimate of drug-likeness (QED) is 0.665. The predicted octanol–water partition coefficient (Wildman–Crippen LogP) is 2.84. The Bertz CT molecular complexity index is 1070. The number of carbonyl (C=O) groups is 1. The minimum absolute atomic E-state index is 0.0218. The van der Waals surface area contributed by atoms with E-state index in [2.05, 4.69) is 9.97 Å². The number of nitrogens with one attached hydrogen (secondary N) is 1. The van der Waals surface area contributed by atoms with E-state index in [1.165, 1.54) is 14.2 Å². The molecule has 0 fully saturated rings. The van der Waals surface area contributed by atoms with Gasteiger partial charge in [-0.3, -0.25) is 9.59 Å². The van der Waals surface area contributed by atoms with Gasteiger partial charge in [-0.1, -0.05) is 29.8 Å². The van der Waals surface area contributed by atoms with Crippen LogP contribution in [0, 0.1) is 6.92 Å². The van der Waals surface area contributed by atoms with Crippen molar-refractivity contribution in [1.29, 1.82) is 0 Å². The fourth-order valence-electron chi connectivity index (χ4n) is 3.14. The molecule has 7 heteroatoms. The SMILES string of the molecule is CCN(Cc1nc2cc(OC)c(OC)cc2c(=O)[nH]1)C(=O)Cc1ccc(C)cc1. The molecule has 0 aliphatic heterocycles. The van der Waals surface area contributed by atoms with Gasteiger partial charge in [0.05, 0.1) is 38.1 Å². The summed E-state index contributed by atoms with van der Waals surface area (Å²) in [6, 6.07) is 11.2. The number of methoxy groups -OCH3 is 2. The molecule has 1 amide bonds. The first-order valence-corrected chi connectivity index (χ1v) is 9.43. The smallest absolute Gasteiger partial charge is 0.258 e. The number of fused-ring (bicyclic) bond motifs is 1. The molecule has 152 valence electrons. The van der Waals surface area contributed by atoms with Gasteiger partial charge in [-0.25, -0.2) is 4.98 Å². The zero-order valence-electron chi connectivity index (χ0n) is 17.1. The lowest BCUT2D eigenvalue weighted by Crippen LogP contribution is -2.33. The van der Waals surface area contributed by atoms with Crippen LogP contribution in [0.5, 0.6) is 11.5 Å². The molecule has 1 N–H and O–H groups in total. The first-order chi connectivity index (χ1) is 13.9. The molecule has 0 aliphatic rings. The maximum absolute atomic E-state index is 12.7. The first-order valence-electron chi connectivity index (χ1n) is 9.43. The first kappa shape index (κ1) is 20.4. The Morgan fingerprint density at radius 2 is 1.76 bits per heavy atom. The molecule has 7 nitrogen and oxygen atoms in total. The van der Waals surface area contributed by atoms with Crippen LogP contribution in [0.15, 0.2) is 41.2 Å². The summed E-state index contributed by atoms with van der Waals surface area (Å²) in [5.41, 5.74) is 2.31. The summed E-state index contributed by atoms with van der Waals surface area (Å²) in [7, 11) is 3.04. The van der Waals surface area contributed by atoms with E-state index in [9.17, 15) is 9.59 Å². The van der Waals surface area contributed by atoms with Crippen LogP contribution in [-0.2, 0) is 17.8 Å². The van der Waals surface area contributed by atoms with E-state index in [0.717, 1.165) is 11.1 Å². The Morgan fingerprint density at radius 3 is 2.38 bits per heavy atom. The van der Waals surface area contributed by atoms with E-state index in [0.29, 0.717) is 41.2 Å². The third-order valence-corrected chi connectivity index (χ3v) is 4.81. The summed E-state index contributed by atoms with van der Waals surface area (Å²) in [5, 5.41) is 0.403. The van der Waals surface area contributed by atoms with Gasteiger partial charge in [0.15, 0.2) is 11.5 Å². The number of rotatable bonds is 7. The van der Waals surface area contributed by atoms with Gasteiger partial charge in [0.1, 0.15) is 5.82 Å². The standard InChI is InChI=1S/C22H25N3O4/c1-5-25(21(26)10-15-8-6-14(2)7-9-15)13-20-23-17-12-19(29-4)18(28-3)11-16(17)22(27)24-20/h6-9,11-12H,5,10,13H2,1-4H3,(H,23,24,27). The number of hydrogen-bond donors (Lipinski definition) is 1. The number of hydrogen-bond acceptors (Lipinski definition) is 5. The second kappa shape index (κ2) is 8.77. The maximum atomic E-state index is 12.7. The van der Waals surface area contributed by atoms with Crippen molar-refractivity contribution in [1.82, 2.24) is 14.9 Å². The minimum atomic E-state index is -0.284. The van der Waals surface area contributed by atoms with Crippen molar-refractivity contribution < 1.29 is 14.3 Å². The van der Waals surface area contributed by atoms with Gasteiger partial charge in [0, 0.05) is 12.6 Å². The molecular weight excluding hydrogens is 370 g/mol. The number of ether oxygens (including phenoxy) is 2. The van der Waals surface area contributed by atoms with Crippen LogP contribution in [0.4, 0.5) is 0 Å². The lowest BCUT2D eigenvalue weighted by Gasteiger charge is -2.20. The van der Waals surface area contributed by atoms with Crippen LogP contribution in [0.1, 0.15) is 23.9 Å². The average molecular weight is 395 g/mol. The molecule has 0 aliphatic carbocycles. The van der Waals surface area contributed by atoms with E-state index < -0.39 is 0 Å². The van der Waals surface area contributed by atoms with Gasteiger partial charge >= 0.3 is 0 Å². The van der Waals surface area contributed by atoms with Gasteiger partial charge < -0.3 is 19.4 Å². The lowest BCUT2D eigenvalue weighted by molar-refractivity contribution is -0.131. The van der Waals surface area contributed by atoms with Crippen LogP contribution in [-0.4, -0.2) is 41.5 Å². The second-order valence-corrected chi connectivity index (χ2v) is 6.81. The Kier molecular flexibility index (Phi) is 6.16. The third kappa shape index (κ3) is 4.56. The predicted molar refractivity (Wildman–Crippen MR) is 111 cm³/mol. The molecule has 0 spiro atoms. The van der Waals surface area contributed by atoms with Crippen molar-refractivity contribution >= 4 is 16.8 Å². The van der Waals surface area contributed by atoms with Crippen molar-refractivity contribution in [2.75, 3.05) is 20.8 Å². The third-order valence-electron chi connectivity index (χ3n) is 4.81. The molecular formula is C22H25N3O4. The number of aromatic nitrogens is 2. The molecule has 0 unspecified atom stereocenters. The Labute approximate surface area is 169 Å². The fraction of sp³-hybridized carbons (Fsp3) is 0.318.